The van der Waals surface area contributed by atoms with Crippen molar-refractivity contribution < 1.29 is 4.79 Å². The van der Waals surface area contributed by atoms with Gasteiger partial charge in [-0.05, 0) is 13.0 Å². The van der Waals surface area contributed by atoms with Gasteiger partial charge < -0.3 is 11.1 Å². The van der Waals surface area contributed by atoms with Crippen molar-refractivity contribution in [2.75, 3.05) is 12.4 Å². The first kappa shape index (κ1) is 11.1. The minimum Gasteiger partial charge on any atom is -0.364 e. The van der Waals surface area contributed by atoms with Crippen LogP contribution in [0.4, 0.5) is 5.95 Å². The summed E-state index contributed by atoms with van der Waals surface area (Å²) in [5.41, 5.74) is 6.19. The number of rotatable bonds is 3. The van der Waals surface area contributed by atoms with Gasteiger partial charge in [0, 0.05) is 25.0 Å². The number of carbonyl (C=O) groups excluding carboxylic acids is 1. The Kier molecular flexibility index (Phi) is 2.73. The van der Waals surface area contributed by atoms with Gasteiger partial charge in [-0.15, -0.1) is 0 Å². The quantitative estimate of drug-likeness (QED) is 0.782. The number of amides is 1. The molecule has 0 atom stereocenters. The van der Waals surface area contributed by atoms with Crippen LogP contribution >= 0.6 is 0 Å². The third-order valence-electron chi connectivity index (χ3n) is 2.23. The maximum atomic E-state index is 11.0. The first-order chi connectivity index (χ1) is 8.11. The number of aromatic nitrogens is 4. The lowest BCUT2D eigenvalue weighted by Crippen LogP contribution is -2.13. The summed E-state index contributed by atoms with van der Waals surface area (Å²) in [5, 5.41) is 6.88. The van der Waals surface area contributed by atoms with Crippen molar-refractivity contribution >= 4 is 11.9 Å². The van der Waals surface area contributed by atoms with Crippen LogP contribution in [0.3, 0.4) is 0 Å². The van der Waals surface area contributed by atoms with E-state index in [2.05, 4.69) is 20.4 Å². The highest BCUT2D eigenvalue weighted by Crippen LogP contribution is 2.11. The van der Waals surface area contributed by atoms with Crippen LogP contribution in [0.1, 0.15) is 16.1 Å². The lowest BCUT2D eigenvalue weighted by Gasteiger charge is -2.06. The number of nitrogens with two attached hydrogens (primary N) is 1. The number of anilines is 1. The van der Waals surface area contributed by atoms with E-state index in [1.54, 1.807) is 25.5 Å². The Morgan fingerprint density at radius 1 is 1.53 bits per heavy atom. The molecule has 2 rings (SSSR count). The zero-order chi connectivity index (χ0) is 12.4. The van der Waals surface area contributed by atoms with Gasteiger partial charge in [-0.2, -0.15) is 10.1 Å². The molecular weight excluding hydrogens is 220 g/mol. The third kappa shape index (κ3) is 2.07. The highest BCUT2D eigenvalue weighted by molar-refractivity contribution is 5.90. The lowest BCUT2D eigenvalue weighted by molar-refractivity contribution is 0.0995. The fraction of sp³-hybridized carbons (Fsp3) is 0.200. The average molecular weight is 232 g/mol. The largest absolute Gasteiger partial charge is 0.364 e. The molecule has 7 heteroatoms. The van der Waals surface area contributed by atoms with Crippen molar-refractivity contribution in [1.82, 2.24) is 19.7 Å². The van der Waals surface area contributed by atoms with Crippen molar-refractivity contribution in [2.45, 2.75) is 6.92 Å². The Morgan fingerprint density at radius 2 is 2.29 bits per heavy atom. The molecule has 0 unspecified atom stereocenters. The Morgan fingerprint density at radius 3 is 2.88 bits per heavy atom. The van der Waals surface area contributed by atoms with Crippen LogP contribution < -0.4 is 11.1 Å². The van der Waals surface area contributed by atoms with Crippen LogP contribution in [0.25, 0.3) is 5.82 Å². The molecule has 0 saturated heterocycles. The summed E-state index contributed by atoms with van der Waals surface area (Å²) in [6.07, 6.45) is 3.31. The van der Waals surface area contributed by atoms with Crippen LogP contribution in [-0.4, -0.2) is 32.7 Å². The van der Waals surface area contributed by atoms with Gasteiger partial charge >= 0.3 is 0 Å². The fourth-order valence-corrected chi connectivity index (χ4v) is 1.36. The first-order valence-electron chi connectivity index (χ1n) is 4.99. The number of nitrogens with zero attached hydrogens (tertiary/aromatic N) is 4. The minimum absolute atomic E-state index is 0.203. The second-order valence-electron chi connectivity index (χ2n) is 3.46. The molecule has 2 aromatic heterocycles. The molecular formula is C10H12N6O. The predicted molar refractivity (Wildman–Crippen MR) is 62.0 cm³/mol. The van der Waals surface area contributed by atoms with E-state index in [0.29, 0.717) is 11.8 Å². The number of hydrogen-bond donors (Lipinski definition) is 2. The van der Waals surface area contributed by atoms with E-state index in [-0.39, 0.29) is 5.69 Å². The molecule has 0 spiro atoms. The number of nitrogens with one attached hydrogen (secondary N) is 1. The molecule has 1 amide bonds. The molecule has 0 radical (unpaired) electrons. The van der Waals surface area contributed by atoms with Gasteiger partial charge in [0.1, 0.15) is 5.69 Å². The topological polar surface area (TPSA) is 98.7 Å². The van der Waals surface area contributed by atoms with Crippen LogP contribution in [0, 0.1) is 6.92 Å². The summed E-state index contributed by atoms with van der Waals surface area (Å²) in [4.78, 5) is 19.3. The zero-order valence-corrected chi connectivity index (χ0v) is 9.51. The molecule has 0 aromatic carbocycles. The standard InChI is InChI=1S/C10H12N6O/c1-6-5-13-10(12-2)14-9(6)16-4-3-7(15-16)8(11)17/h3-5H,1-2H3,(H2,11,17)(H,12,13,14). The fourth-order valence-electron chi connectivity index (χ4n) is 1.36. The van der Waals surface area contributed by atoms with E-state index >= 15 is 0 Å². The van der Waals surface area contributed by atoms with Crippen LogP contribution in [-0.2, 0) is 0 Å². The zero-order valence-electron chi connectivity index (χ0n) is 9.51. The molecule has 0 fully saturated rings. The van der Waals surface area contributed by atoms with Gasteiger partial charge in [-0.3, -0.25) is 4.79 Å². The first-order valence-corrected chi connectivity index (χ1v) is 4.99. The maximum Gasteiger partial charge on any atom is 0.269 e. The van der Waals surface area contributed by atoms with E-state index < -0.39 is 5.91 Å². The summed E-state index contributed by atoms with van der Waals surface area (Å²) in [7, 11) is 1.73. The number of hydrogen-bond acceptors (Lipinski definition) is 5. The summed E-state index contributed by atoms with van der Waals surface area (Å²) in [6.45, 7) is 1.86. The highest BCUT2D eigenvalue weighted by atomic mass is 16.1. The molecule has 0 aliphatic carbocycles. The maximum absolute atomic E-state index is 11.0. The number of primary amides is 1. The van der Waals surface area contributed by atoms with Crippen molar-refractivity contribution in [1.29, 1.82) is 0 Å². The molecule has 0 bridgehead atoms. The molecule has 2 aromatic rings. The van der Waals surface area contributed by atoms with Gasteiger partial charge in [0.2, 0.25) is 5.95 Å². The minimum atomic E-state index is -0.565. The Labute approximate surface area is 97.7 Å². The van der Waals surface area contributed by atoms with Crippen molar-refractivity contribution in [3.05, 3.63) is 29.7 Å². The summed E-state index contributed by atoms with van der Waals surface area (Å²) >= 11 is 0. The van der Waals surface area contributed by atoms with E-state index in [1.807, 2.05) is 6.92 Å². The van der Waals surface area contributed by atoms with Crippen molar-refractivity contribution in [2.24, 2.45) is 5.73 Å². The third-order valence-corrected chi connectivity index (χ3v) is 2.23. The van der Waals surface area contributed by atoms with Crippen molar-refractivity contribution in [3.63, 3.8) is 0 Å². The number of carbonyl (C=O) groups is 1. The predicted octanol–water partition coefficient (Wildman–Crippen LogP) is 0.111. The lowest BCUT2D eigenvalue weighted by atomic mass is 10.3. The molecule has 17 heavy (non-hydrogen) atoms. The summed E-state index contributed by atoms with van der Waals surface area (Å²) in [5.74, 6) is 0.530. The second-order valence-corrected chi connectivity index (χ2v) is 3.46. The SMILES string of the molecule is CNc1ncc(C)c(-n2ccc(C(N)=O)n2)n1. The summed E-state index contributed by atoms with van der Waals surface area (Å²) < 4.78 is 1.50. The van der Waals surface area contributed by atoms with Crippen LogP contribution in [0.15, 0.2) is 18.5 Å². The van der Waals surface area contributed by atoms with Gasteiger partial charge in [-0.25, -0.2) is 9.67 Å². The van der Waals surface area contributed by atoms with Gasteiger partial charge in [0.15, 0.2) is 5.82 Å². The van der Waals surface area contributed by atoms with E-state index in [4.69, 9.17) is 5.73 Å². The molecule has 0 aliphatic heterocycles. The Bertz CT molecular complexity index is 562. The highest BCUT2D eigenvalue weighted by Gasteiger charge is 2.09. The Balaban J connectivity index is 2.47. The molecule has 3 N–H and O–H groups in total. The smallest absolute Gasteiger partial charge is 0.269 e. The second kappa shape index (κ2) is 4.20. The summed E-state index contributed by atoms with van der Waals surface area (Å²) in [6, 6.07) is 1.54. The van der Waals surface area contributed by atoms with Gasteiger partial charge in [0.05, 0.1) is 0 Å². The van der Waals surface area contributed by atoms with E-state index in [1.165, 1.54) is 4.68 Å². The monoisotopic (exact) mass is 232 g/mol. The molecule has 2 heterocycles. The molecule has 0 saturated carbocycles. The molecule has 88 valence electrons. The normalized spacial score (nSPS) is 10.2. The van der Waals surface area contributed by atoms with Crippen molar-refractivity contribution in [3.8, 4) is 5.82 Å². The van der Waals surface area contributed by atoms with Crippen LogP contribution in [0.2, 0.25) is 0 Å². The Hall–Kier alpha value is -2.44. The number of aryl methyl sites for hydroxylation is 1. The molecule has 0 aliphatic rings. The average Bonchev–Trinajstić information content (AvgIpc) is 2.79. The van der Waals surface area contributed by atoms with Crippen LogP contribution in [0.5, 0.6) is 0 Å². The van der Waals surface area contributed by atoms with Gasteiger partial charge in [0.25, 0.3) is 5.91 Å². The van der Waals surface area contributed by atoms with E-state index in [0.717, 1.165) is 5.56 Å². The molecule has 7 nitrogen and oxygen atoms in total. The van der Waals surface area contributed by atoms with E-state index in [9.17, 15) is 4.79 Å². The van der Waals surface area contributed by atoms with Gasteiger partial charge in [-0.1, -0.05) is 0 Å².